The molecule has 0 spiro atoms. The number of ether oxygens (including phenoxy) is 1. The van der Waals surface area contributed by atoms with Crippen molar-refractivity contribution >= 4 is 17.7 Å². The third kappa shape index (κ3) is 6.32. The standard InChI is InChI=1S/C20H32N2O2S/c1-19(2,3)16-6-8-17(9-7-16)25-14-18(23)21-15-20(4,5)22-10-12-24-13-11-22/h6-9H,10-15H2,1-5H3,(H,21,23)/p+1. The molecule has 140 valence electrons. The molecule has 2 rings (SSSR count). The number of carbonyl (C=O) groups is 1. The van der Waals surface area contributed by atoms with E-state index in [9.17, 15) is 4.79 Å². The van der Waals surface area contributed by atoms with Crippen molar-refractivity contribution in [3.05, 3.63) is 29.8 Å². The summed E-state index contributed by atoms with van der Waals surface area (Å²) in [6.07, 6.45) is 0. The highest BCUT2D eigenvalue weighted by Gasteiger charge is 2.32. The highest BCUT2D eigenvalue weighted by molar-refractivity contribution is 8.00. The van der Waals surface area contributed by atoms with Crippen molar-refractivity contribution in [2.75, 3.05) is 38.6 Å². The van der Waals surface area contributed by atoms with Crippen LogP contribution in [0, 0.1) is 0 Å². The van der Waals surface area contributed by atoms with Crippen LogP contribution in [-0.4, -0.2) is 50.0 Å². The Labute approximate surface area is 156 Å². The maximum atomic E-state index is 12.2. The first-order valence-corrected chi connectivity index (χ1v) is 10.1. The molecular weight excluding hydrogens is 332 g/mol. The van der Waals surface area contributed by atoms with Crippen LogP contribution in [0.15, 0.2) is 29.2 Å². The minimum absolute atomic E-state index is 0.0401. The lowest BCUT2D eigenvalue weighted by molar-refractivity contribution is -0.954. The fourth-order valence-corrected chi connectivity index (χ4v) is 3.72. The van der Waals surface area contributed by atoms with Crippen LogP contribution in [-0.2, 0) is 14.9 Å². The second-order valence-electron chi connectivity index (χ2n) is 8.44. The smallest absolute Gasteiger partial charge is 0.230 e. The Morgan fingerprint density at radius 1 is 1.12 bits per heavy atom. The molecule has 1 aromatic rings. The maximum absolute atomic E-state index is 12.2. The highest BCUT2D eigenvalue weighted by Crippen LogP contribution is 2.25. The maximum Gasteiger partial charge on any atom is 0.230 e. The fraction of sp³-hybridized carbons (Fsp3) is 0.650. The van der Waals surface area contributed by atoms with Crippen LogP contribution in [0.5, 0.6) is 0 Å². The van der Waals surface area contributed by atoms with Gasteiger partial charge in [-0.1, -0.05) is 32.9 Å². The van der Waals surface area contributed by atoms with Gasteiger partial charge < -0.3 is 15.0 Å². The van der Waals surface area contributed by atoms with E-state index in [0.29, 0.717) is 12.3 Å². The number of carbonyl (C=O) groups excluding carboxylic acids is 1. The Bertz CT molecular complexity index is 558. The molecule has 4 nitrogen and oxygen atoms in total. The number of amides is 1. The Morgan fingerprint density at radius 2 is 1.72 bits per heavy atom. The summed E-state index contributed by atoms with van der Waals surface area (Å²) in [5, 5.41) is 3.10. The number of benzene rings is 1. The van der Waals surface area contributed by atoms with E-state index in [2.05, 4.69) is 64.2 Å². The summed E-state index contributed by atoms with van der Waals surface area (Å²) in [6.45, 7) is 15.4. The SMILES string of the molecule is CC(C)(C)c1ccc(SCC(=O)NCC(C)(C)[NH+]2CCOCC2)cc1. The lowest BCUT2D eigenvalue weighted by Gasteiger charge is -2.37. The van der Waals surface area contributed by atoms with Crippen molar-refractivity contribution < 1.29 is 14.4 Å². The van der Waals surface area contributed by atoms with Gasteiger partial charge in [-0.15, -0.1) is 11.8 Å². The number of nitrogens with one attached hydrogen (secondary N) is 2. The lowest BCUT2D eigenvalue weighted by Crippen LogP contribution is -3.22. The molecule has 2 N–H and O–H groups in total. The van der Waals surface area contributed by atoms with Gasteiger partial charge in [0.25, 0.3) is 0 Å². The van der Waals surface area contributed by atoms with Gasteiger partial charge >= 0.3 is 0 Å². The predicted molar refractivity (Wildman–Crippen MR) is 104 cm³/mol. The molecule has 25 heavy (non-hydrogen) atoms. The first-order valence-electron chi connectivity index (χ1n) is 9.11. The Morgan fingerprint density at radius 3 is 2.28 bits per heavy atom. The van der Waals surface area contributed by atoms with Crippen molar-refractivity contribution in [1.29, 1.82) is 0 Å². The first kappa shape index (κ1) is 20.3. The Kier molecular flexibility index (Phi) is 6.94. The van der Waals surface area contributed by atoms with Crippen LogP contribution >= 0.6 is 11.8 Å². The van der Waals surface area contributed by atoms with Gasteiger partial charge in [0.15, 0.2) is 0 Å². The van der Waals surface area contributed by atoms with E-state index >= 15 is 0 Å². The fourth-order valence-electron chi connectivity index (χ4n) is 2.99. The van der Waals surface area contributed by atoms with Gasteiger partial charge in [0.05, 0.1) is 25.5 Å². The van der Waals surface area contributed by atoms with Gasteiger partial charge in [0.2, 0.25) is 5.91 Å². The van der Waals surface area contributed by atoms with E-state index in [-0.39, 0.29) is 16.9 Å². The number of rotatable bonds is 6. The van der Waals surface area contributed by atoms with E-state index in [1.165, 1.54) is 10.5 Å². The second-order valence-corrected chi connectivity index (χ2v) is 9.49. The number of thioether (sulfide) groups is 1. The summed E-state index contributed by atoms with van der Waals surface area (Å²) in [5.74, 6) is 0.564. The third-order valence-electron chi connectivity index (χ3n) is 4.87. The highest BCUT2D eigenvalue weighted by atomic mass is 32.2. The molecular formula is C20H33N2O2S+. The van der Waals surface area contributed by atoms with Crippen molar-refractivity contribution in [2.24, 2.45) is 0 Å². The van der Waals surface area contributed by atoms with Crippen molar-refractivity contribution in [2.45, 2.75) is 50.5 Å². The summed E-state index contributed by atoms with van der Waals surface area (Å²) >= 11 is 1.60. The molecule has 0 saturated carbocycles. The molecule has 0 atom stereocenters. The molecule has 1 aliphatic heterocycles. The van der Waals surface area contributed by atoms with E-state index in [1.807, 2.05) is 0 Å². The molecule has 0 unspecified atom stereocenters. The largest absolute Gasteiger partial charge is 0.370 e. The summed E-state index contributed by atoms with van der Waals surface area (Å²) < 4.78 is 5.43. The average Bonchev–Trinajstić information content (AvgIpc) is 2.58. The molecule has 1 aromatic carbocycles. The first-order chi connectivity index (χ1) is 11.7. The van der Waals surface area contributed by atoms with Crippen molar-refractivity contribution in [1.82, 2.24) is 5.32 Å². The molecule has 5 heteroatoms. The van der Waals surface area contributed by atoms with E-state index in [1.54, 1.807) is 11.8 Å². The van der Waals surface area contributed by atoms with Crippen LogP contribution in [0.1, 0.15) is 40.2 Å². The molecule has 0 radical (unpaired) electrons. The van der Waals surface area contributed by atoms with Crippen molar-refractivity contribution in [3.63, 3.8) is 0 Å². The average molecular weight is 366 g/mol. The van der Waals surface area contributed by atoms with Gasteiger partial charge in [-0.2, -0.15) is 0 Å². The summed E-state index contributed by atoms with van der Waals surface area (Å²) in [5.41, 5.74) is 1.52. The zero-order valence-electron chi connectivity index (χ0n) is 16.3. The predicted octanol–water partition coefficient (Wildman–Crippen LogP) is 1.89. The quantitative estimate of drug-likeness (QED) is 0.757. The molecule has 1 amide bonds. The van der Waals surface area contributed by atoms with Gasteiger partial charge in [-0.25, -0.2) is 0 Å². The second kappa shape index (κ2) is 8.56. The van der Waals surface area contributed by atoms with Crippen LogP contribution in [0.2, 0.25) is 0 Å². The van der Waals surface area contributed by atoms with Gasteiger partial charge in [0.1, 0.15) is 18.6 Å². The third-order valence-corrected chi connectivity index (χ3v) is 5.88. The molecule has 1 heterocycles. The zero-order chi connectivity index (χ0) is 18.5. The lowest BCUT2D eigenvalue weighted by atomic mass is 9.87. The Hall–Kier alpha value is -1.04. The number of morpholine rings is 1. The topological polar surface area (TPSA) is 42.8 Å². The minimum atomic E-state index is 0.0401. The van der Waals surface area contributed by atoms with Crippen molar-refractivity contribution in [3.8, 4) is 0 Å². The molecule has 1 saturated heterocycles. The van der Waals surface area contributed by atoms with E-state index < -0.39 is 0 Å². The van der Waals surface area contributed by atoms with Crippen LogP contribution in [0.4, 0.5) is 0 Å². The summed E-state index contributed by atoms with van der Waals surface area (Å²) in [7, 11) is 0. The molecule has 0 bridgehead atoms. The zero-order valence-corrected chi connectivity index (χ0v) is 17.1. The van der Waals surface area contributed by atoms with Crippen LogP contribution in [0.25, 0.3) is 0 Å². The molecule has 0 aromatic heterocycles. The summed E-state index contributed by atoms with van der Waals surface area (Å²) in [4.78, 5) is 14.9. The normalized spacial score (nSPS) is 16.7. The minimum Gasteiger partial charge on any atom is -0.370 e. The molecule has 1 fully saturated rings. The van der Waals surface area contributed by atoms with E-state index in [4.69, 9.17) is 4.74 Å². The van der Waals surface area contributed by atoms with Gasteiger partial charge in [-0.05, 0) is 37.0 Å². The van der Waals surface area contributed by atoms with Gasteiger partial charge in [-0.3, -0.25) is 4.79 Å². The molecule has 0 aliphatic carbocycles. The van der Waals surface area contributed by atoms with Gasteiger partial charge in [0, 0.05) is 4.90 Å². The number of quaternary nitrogens is 1. The number of hydrogen-bond donors (Lipinski definition) is 2. The Balaban J connectivity index is 1.76. The monoisotopic (exact) mass is 365 g/mol. The molecule has 1 aliphatic rings. The summed E-state index contributed by atoms with van der Waals surface area (Å²) in [6, 6.07) is 8.54. The van der Waals surface area contributed by atoms with E-state index in [0.717, 1.165) is 31.2 Å². The number of hydrogen-bond acceptors (Lipinski definition) is 3. The van der Waals surface area contributed by atoms with Crippen LogP contribution in [0.3, 0.4) is 0 Å². The van der Waals surface area contributed by atoms with Crippen LogP contribution < -0.4 is 10.2 Å².